The maximum atomic E-state index is 13.3. The van der Waals surface area contributed by atoms with E-state index in [9.17, 15) is 14.9 Å². The number of nitro benzene ring substituents is 1. The van der Waals surface area contributed by atoms with Gasteiger partial charge in [0.1, 0.15) is 12.4 Å². The lowest BCUT2D eigenvalue weighted by atomic mass is 10.2. The van der Waals surface area contributed by atoms with Crippen molar-refractivity contribution in [1.82, 2.24) is 9.66 Å². The molecule has 0 radical (unpaired) electrons. The summed E-state index contributed by atoms with van der Waals surface area (Å²) in [7, 11) is 2.98. The lowest BCUT2D eigenvalue weighted by molar-refractivity contribution is -0.384. The van der Waals surface area contributed by atoms with Crippen LogP contribution in [0.1, 0.15) is 36.7 Å². The van der Waals surface area contributed by atoms with Gasteiger partial charge in [0.2, 0.25) is 5.75 Å². The Balaban J connectivity index is 1.69. The second-order valence-corrected chi connectivity index (χ2v) is 9.53. The van der Waals surface area contributed by atoms with E-state index in [0.717, 1.165) is 4.47 Å². The summed E-state index contributed by atoms with van der Waals surface area (Å²) in [5, 5.41) is 16.0. The van der Waals surface area contributed by atoms with Crippen LogP contribution >= 0.6 is 15.9 Å². The maximum absolute atomic E-state index is 13.3. The molecule has 0 spiro atoms. The van der Waals surface area contributed by atoms with Crippen LogP contribution in [0.2, 0.25) is 0 Å². The van der Waals surface area contributed by atoms with E-state index < -0.39 is 4.92 Å². The highest BCUT2D eigenvalue weighted by Crippen LogP contribution is 2.39. The molecule has 0 bridgehead atoms. The molecule has 0 aliphatic rings. The summed E-state index contributed by atoms with van der Waals surface area (Å²) >= 11 is 3.41. The fraction of sp³-hybridized carbons (Fsp3) is 0.222. The number of hydrogen-bond acceptors (Lipinski definition) is 8. The molecule has 0 aliphatic heterocycles. The first kappa shape index (κ1) is 26.8. The normalized spacial score (nSPS) is 11.3. The van der Waals surface area contributed by atoms with Crippen LogP contribution in [0.3, 0.4) is 0 Å². The number of fused-ring (bicyclic) bond motifs is 1. The van der Waals surface area contributed by atoms with Crippen LogP contribution in [0.5, 0.6) is 17.2 Å². The molecule has 11 heteroatoms. The van der Waals surface area contributed by atoms with Crippen LogP contribution in [0, 0.1) is 10.1 Å². The summed E-state index contributed by atoms with van der Waals surface area (Å²) in [6.07, 6.45) is 1.52. The van der Waals surface area contributed by atoms with Crippen LogP contribution in [-0.2, 0) is 6.61 Å². The molecule has 1 aromatic heterocycles. The second kappa shape index (κ2) is 11.4. The molecule has 4 rings (SSSR count). The van der Waals surface area contributed by atoms with Gasteiger partial charge in [-0.3, -0.25) is 14.9 Å². The third-order valence-corrected chi connectivity index (χ3v) is 6.15. The SMILES string of the molecule is COc1cc(C=Nn2c(C(C)C)nc3ccc(Br)cc3c2=O)cc(OC)c1OCc1cccc([N+](=O)[O-])c1. The van der Waals surface area contributed by atoms with Crippen LogP contribution in [0.25, 0.3) is 10.9 Å². The van der Waals surface area contributed by atoms with Crippen LogP contribution in [0.4, 0.5) is 5.69 Å². The summed E-state index contributed by atoms with van der Waals surface area (Å²) in [6.45, 7) is 3.95. The summed E-state index contributed by atoms with van der Waals surface area (Å²) in [6, 6.07) is 14.9. The van der Waals surface area contributed by atoms with Crippen molar-refractivity contribution in [3.05, 3.63) is 96.5 Å². The van der Waals surface area contributed by atoms with Gasteiger partial charge in [-0.2, -0.15) is 9.78 Å². The van der Waals surface area contributed by atoms with Gasteiger partial charge in [-0.25, -0.2) is 4.98 Å². The van der Waals surface area contributed by atoms with Crippen molar-refractivity contribution in [2.24, 2.45) is 5.10 Å². The average Bonchev–Trinajstić information content (AvgIpc) is 2.91. The Bertz CT molecular complexity index is 1570. The minimum Gasteiger partial charge on any atom is -0.493 e. The Morgan fingerprint density at radius 3 is 2.45 bits per heavy atom. The number of halogens is 1. The number of hydrogen-bond donors (Lipinski definition) is 0. The Kier molecular flexibility index (Phi) is 8.06. The quantitative estimate of drug-likeness (QED) is 0.142. The molecule has 0 fully saturated rings. The number of nitro groups is 1. The molecular formula is C27H25BrN4O6. The molecule has 4 aromatic rings. The molecule has 0 amide bonds. The molecule has 196 valence electrons. The first-order valence-electron chi connectivity index (χ1n) is 11.6. The second-order valence-electron chi connectivity index (χ2n) is 8.62. The van der Waals surface area contributed by atoms with Gasteiger partial charge in [-0.1, -0.05) is 41.9 Å². The number of benzene rings is 3. The standard InChI is InChI=1S/C27H25BrN4O6/c1-16(2)26-30-22-9-8-19(28)13-21(22)27(33)31(26)29-14-18-11-23(36-3)25(24(12-18)37-4)38-15-17-6-5-7-20(10-17)32(34)35/h5-14,16H,15H2,1-4H3. The van der Waals surface area contributed by atoms with E-state index in [4.69, 9.17) is 14.2 Å². The van der Waals surface area contributed by atoms with Crippen molar-refractivity contribution in [2.45, 2.75) is 26.4 Å². The molecule has 0 saturated heterocycles. The Morgan fingerprint density at radius 2 is 1.82 bits per heavy atom. The number of ether oxygens (including phenoxy) is 3. The van der Waals surface area contributed by atoms with Gasteiger partial charge in [0.15, 0.2) is 11.5 Å². The van der Waals surface area contributed by atoms with Crippen LogP contribution in [0.15, 0.2) is 69.0 Å². The third kappa shape index (κ3) is 5.67. The maximum Gasteiger partial charge on any atom is 0.282 e. The number of aromatic nitrogens is 2. The number of non-ortho nitro benzene ring substituents is 1. The molecule has 1 heterocycles. The summed E-state index contributed by atoms with van der Waals surface area (Å²) < 4.78 is 19.1. The molecule has 10 nitrogen and oxygen atoms in total. The van der Waals surface area contributed by atoms with Gasteiger partial charge in [0, 0.05) is 28.1 Å². The molecular weight excluding hydrogens is 556 g/mol. The number of nitrogens with zero attached hydrogens (tertiary/aromatic N) is 4. The molecule has 0 N–H and O–H groups in total. The van der Waals surface area contributed by atoms with Gasteiger partial charge < -0.3 is 14.2 Å². The van der Waals surface area contributed by atoms with Gasteiger partial charge in [0.25, 0.3) is 11.2 Å². The van der Waals surface area contributed by atoms with Gasteiger partial charge in [-0.05, 0) is 35.9 Å². The van der Waals surface area contributed by atoms with E-state index in [0.29, 0.717) is 45.1 Å². The largest absolute Gasteiger partial charge is 0.493 e. The van der Waals surface area contributed by atoms with E-state index in [-0.39, 0.29) is 23.8 Å². The highest BCUT2D eigenvalue weighted by Gasteiger charge is 2.17. The topological polar surface area (TPSA) is 118 Å². The summed E-state index contributed by atoms with van der Waals surface area (Å²) in [5.74, 6) is 1.54. The van der Waals surface area contributed by atoms with E-state index in [1.54, 1.807) is 36.4 Å². The van der Waals surface area contributed by atoms with Crippen molar-refractivity contribution in [1.29, 1.82) is 0 Å². The Labute approximate surface area is 226 Å². The summed E-state index contributed by atoms with van der Waals surface area (Å²) in [4.78, 5) is 28.6. The minimum absolute atomic E-state index is 0.0249. The zero-order valence-corrected chi connectivity index (χ0v) is 22.8. The molecule has 38 heavy (non-hydrogen) atoms. The van der Waals surface area contributed by atoms with Gasteiger partial charge in [0.05, 0.1) is 36.3 Å². The van der Waals surface area contributed by atoms with Crippen molar-refractivity contribution in [2.75, 3.05) is 14.2 Å². The Morgan fingerprint density at radius 1 is 1.11 bits per heavy atom. The number of rotatable bonds is 9. The lowest BCUT2D eigenvalue weighted by Gasteiger charge is -2.15. The van der Waals surface area contributed by atoms with Gasteiger partial charge in [-0.15, -0.1) is 0 Å². The van der Waals surface area contributed by atoms with E-state index in [1.807, 2.05) is 19.9 Å². The van der Waals surface area contributed by atoms with E-state index in [1.165, 1.54) is 37.2 Å². The highest BCUT2D eigenvalue weighted by molar-refractivity contribution is 9.10. The number of methoxy groups -OCH3 is 2. The fourth-order valence-electron chi connectivity index (χ4n) is 3.81. The fourth-order valence-corrected chi connectivity index (χ4v) is 4.17. The van der Waals surface area contributed by atoms with E-state index >= 15 is 0 Å². The smallest absolute Gasteiger partial charge is 0.282 e. The monoisotopic (exact) mass is 580 g/mol. The third-order valence-electron chi connectivity index (χ3n) is 5.66. The van der Waals surface area contributed by atoms with Crippen LogP contribution < -0.4 is 19.8 Å². The minimum atomic E-state index is -0.460. The molecule has 0 unspecified atom stereocenters. The van der Waals surface area contributed by atoms with Crippen molar-refractivity contribution < 1.29 is 19.1 Å². The highest BCUT2D eigenvalue weighted by atomic mass is 79.9. The lowest BCUT2D eigenvalue weighted by Crippen LogP contribution is -2.23. The predicted molar refractivity (Wildman–Crippen MR) is 148 cm³/mol. The molecule has 0 aliphatic carbocycles. The molecule has 0 atom stereocenters. The summed E-state index contributed by atoms with van der Waals surface area (Å²) in [5.41, 5.74) is 1.50. The molecule has 3 aromatic carbocycles. The average molecular weight is 581 g/mol. The first-order valence-corrected chi connectivity index (χ1v) is 12.4. The van der Waals surface area contributed by atoms with Crippen molar-refractivity contribution in [3.8, 4) is 17.2 Å². The van der Waals surface area contributed by atoms with Crippen molar-refractivity contribution >= 4 is 38.7 Å². The van der Waals surface area contributed by atoms with Crippen LogP contribution in [-0.4, -0.2) is 35.0 Å². The molecule has 0 saturated carbocycles. The van der Waals surface area contributed by atoms with E-state index in [2.05, 4.69) is 26.0 Å². The van der Waals surface area contributed by atoms with Gasteiger partial charge >= 0.3 is 0 Å². The predicted octanol–water partition coefficient (Wildman–Crippen LogP) is 5.67. The Hall–Kier alpha value is -4.25. The van der Waals surface area contributed by atoms with Crippen molar-refractivity contribution in [3.63, 3.8) is 0 Å². The zero-order chi connectivity index (χ0) is 27.4. The first-order chi connectivity index (χ1) is 18.2. The zero-order valence-electron chi connectivity index (χ0n) is 21.2.